The summed E-state index contributed by atoms with van der Waals surface area (Å²) in [6.07, 6.45) is -1.34. The Bertz CT molecular complexity index is 172. The molecule has 1 rings (SSSR count). The van der Waals surface area contributed by atoms with Gasteiger partial charge in [0.1, 0.15) is 0 Å². The fourth-order valence-corrected chi connectivity index (χ4v) is 0.637. The number of hydrogen-bond acceptors (Lipinski definition) is 1. The van der Waals surface area contributed by atoms with Gasteiger partial charge in [-0.2, -0.15) is 0 Å². The molecule has 0 aliphatic heterocycles. The van der Waals surface area contributed by atoms with Crippen molar-refractivity contribution in [1.29, 1.82) is 0 Å². The zero-order valence-electron chi connectivity index (χ0n) is 4.92. The van der Waals surface area contributed by atoms with Crippen LogP contribution in [0.3, 0.4) is 0 Å². The number of benzene rings is 1. The average Bonchev–Trinajstić information content (AvgIpc) is 1.90. The Morgan fingerprint density at radius 2 is 1.78 bits per heavy atom. The van der Waals surface area contributed by atoms with Crippen LogP contribution in [0.15, 0.2) is 30.3 Å². The summed E-state index contributed by atoms with van der Waals surface area (Å²) >= 11 is 0. The van der Waals surface area contributed by atoms with Gasteiger partial charge in [-0.1, -0.05) is 30.3 Å². The summed E-state index contributed by atoms with van der Waals surface area (Å²) in [4.78, 5) is 0. The number of halogens is 1. The van der Waals surface area contributed by atoms with Crippen molar-refractivity contribution in [3.05, 3.63) is 35.9 Å². The van der Waals surface area contributed by atoms with E-state index in [0.29, 0.717) is 5.56 Å². The van der Waals surface area contributed by atoms with Gasteiger partial charge in [0, 0.05) is 5.56 Å². The fourth-order valence-electron chi connectivity index (χ4n) is 0.637. The van der Waals surface area contributed by atoms with Crippen molar-refractivity contribution in [1.82, 2.24) is 0 Å². The van der Waals surface area contributed by atoms with Gasteiger partial charge in [0.15, 0.2) is 6.30 Å². The smallest absolute Gasteiger partial charge is 0.174 e. The highest BCUT2D eigenvalue weighted by atomic mass is 19.1. The van der Waals surface area contributed by atoms with E-state index >= 15 is 0 Å². The van der Waals surface area contributed by atoms with Crippen molar-refractivity contribution in [2.24, 2.45) is 5.73 Å². The zero-order valence-corrected chi connectivity index (χ0v) is 4.92. The number of rotatable bonds is 1. The molecule has 0 radical (unpaired) electrons. The van der Waals surface area contributed by atoms with E-state index in [-0.39, 0.29) is 0 Å². The second-order valence-electron chi connectivity index (χ2n) is 1.81. The van der Waals surface area contributed by atoms with Crippen LogP contribution in [0.4, 0.5) is 4.39 Å². The second kappa shape index (κ2) is 2.60. The molecule has 0 bridgehead atoms. The van der Waals surface area contributed by atoms with Crippen molar-refractivity contribution < 1.29 is 4.39 Å². The van der Waals surface area contributed by atoms with E-state index in [1.54, 1.807) is 24.3 Å². The lowest BCUT2D eigenvalue weighted by molar-refractivity contribution is 0.356. The Balaban J connectivity index is 2.85. The van der Waals surface area contributed by atoms with Crippen LogP contribution < -0.4 is 5.73 Å². The molecule has 0 amide bonds. The van der Waals surface area contributed by atoms with E-state index in [1.165, 1.54) is 0 Å². The van der Waals surface area contributed by atoms with E-state index in [2.05, 4.69) is 0 Å². The Hall–Kier alpha value is -0.890. The first kappa shape index (κ1) is 6.23. The third kappa shape index (κ3) is 1.50. The van der Waals surface area contributed by atoms with Crippen LogP contribution in [0, 0.1) is 0 Å². The van der Waals surface area contributed by atoms with Crippen LogP contribution in [-0.4, -0.2) is 0 Å². The predicted molar refractivity (Wildman–Crippen MR) is 34.5 cm³/mol. The molecule has 0 saturated carbocycles. The highest BCUT2D eigenvalue weighted by Gasteiger charge is 1.98. The van der Waals surface area contributed by atoms with Gasteiger partial charge in [0.25, 0.3) is 0 Å². The van der Waals surface area contributed by atoms with Crippen molar-refractivity contribution in [2.45, 2.75) is 6.30 Å². The minimum atomic E-state index is -1.34. The van der Waals surface area contributed by atoms with Crippen LogP contribution in [0.25, 0.3) is 0 Å². The minimum Gasteiger partial charge on any atom is -0.298 e. The topological polar surface area (TPSA) is 26.0 Å². The van der Waals surface area contributed by atoms with E-state index in [4.69, 9.17) is 5.73 Å². The SMILES string of the molecule is NC(F)c1ccccc1. The first-order valence-electron chi connectivity index (χ1n) is 2.75. The summed E-state index contributed by atoms with van der Waals surface area (Å²) in [6, 6.07) is 8.66. The number of nitrogens with two attached hydrogens (primary N) is 1. The lowest BCUT2D eigenvalue weighted by Crippen LogP contribution is -2.01. The monoisotopic (exact) mass is 125 g/mol. The molecule has 1 atom stereocenters. The molecule has 0 fully saturated rings. The molecular weight excluding hydrogens is 117 g/mol. The highest BCUT2D eigenvalue weighted by Crippen LogP contribution is 2.08. The molecule has 1 unspecified atom stereocenters. The molecule has 1 aromatic rings. The molecule has 0 aliphatic carbocycles. The van der Waals surface area contributed by atoms with Crippen LogP contribution in [0.5, 0.6) is 0 Å². The maximum atomic E-state index is 12.2. The summed E-state index contributed by atoms with van der Waals surface area (Å²) in [5.74, 6) is 0. The minimum absolute atomic E-state index is 0.525. The highest BCUT2D eigenvalue weighted by molar-refractivity contribution is 5.16. The van der Waals surface area contributed by atoms with Crippen LogP contribution in [-0.2, 0) is 0 Å². The third-order valence-corrected chi connectivity index (χ3v) is 1.12. The van der Waals surface area contributed by atoms with Crippen LogP contribution in [0.2, 0.25) is 0 Å². The number of hydrogen-bond donors (Lipinski definition) is 1. The molecule has 0 aliphatic rings. The van der Waals surface area contributed by atoms with Gasteiger partial charge in [0.2, 0.25) is 0 Å². The van der Waals surface area contributed by atoms with Crippen LogP contribution in [0.1, 0.15) is 11.9 Å². The average molecular weight is 125 g/mol. The lowest BCUT2D eigenvalue weighted by atomic mass is 10.2. The molecule has 0 heterocycles. The second-order valence-corrected chi connectivity index (χ2v) is 1.81. The molecule has 1 nitrogen and oxygen atoms in total. The summed E-state index contributed by atoms with van der Waals surface area (Å²) in [6.45, 7) is 0. The molecule has 9 heavy (non-hydrogen) atoms. The van der Waals surface area contributed by atoms with Gasteiger partial charge in [0.05, 0.1) is 0 Å². The van der Waals surface area contributed by atoms with Crippen LogP contribution >= 0.6 is 0 Å². The largest absolute Gasteiger partial charge is 0.298 e. The predicted octanol–water partition coefficient (Wildman–Crippen LogP) is 1.61. The molecule has 1 aromatic carbocycles. The van der Waals surface area contributed by atoms with Crippen molar-refractivity contribution >= 4 is 0 Å². The van der Waals surface area contributed by atoms with Gasteiger partial charge in [-0.25, -0.2) is 4.39 Å². The molecule has 0 aromatic heterocycles. The molecule has 0 saturated heterocycles. The molecule has 2 N–H and O–H groups in total. The Labute approximate surface area is 53.3 Å². The molecule has 48 valence electrons. The summed E-state index contributed by atoms with van der Waals surface area (Å²) in [5, 5.41) is 0. The third-order valence-electron chi connectivity index (χ3n) is 1.12. The maximum absolute atomic E-state index is 12.2. The van der Waals surface area contributed by atoms with E-state index in [0.717, 1.165) is 0 Å². The zero-order chi connectivity index (χ0) is 6.69. The summed E-state index contributed by atoms with van der Waals surface area (Å²) < 4.78 is 12.2. The van der Waals surface area contributed by atoms with Gasteiger partial charge in [-0.3, -0.25) is 5.73 Å². The molecular formula is C7H8FN. The maximum Gasteiger partial charge on any atom is 0.174 e. The summed E-state index contributed by atoms with van der Waals surface area (Å²) in [5.41, 5.74) is 5.47. The van der Waals surface area contributed by atoms with Gasteiger partial charge in [-0.05, 0) is 0 Å². The molecule has 0 spiro atoms. The summed E-state index contributed by atoms with van der Waals surface area (Å²) in [7, 11) is 0. The Morgan fingerprint density at radius 3 is 2.11 bits per heavy atom. The van der Waals surface area contributed by atoms with E-state index in [9.17, 15) is 4.39 Å². The van der Waals surface area contributed by atoms with E-state index < -0.39 is 6.30 Å². The van der Waals surface area contributed by atoms with Gasteiger partial charge < -0.3 is 0 Å². The first-order chi connectivity index (χ1) is 4.30. The van der Waals surface area contributed by atoms with Crippen molar-refractivity contribution in [2.75, 3.05) is 0 Å². The van der Waals surface area contributed by atoms with Crippen molar-refractivity contribution in [3.63, 3.8) is 0 Å². The standard InChI is InChI=1S/C7H8FN/c8-7(9)6-4-2-1-3-5-6/h1-5,7H,9H2. The Kier molecular flexibility index (Phi) is 1.80. The first-order valence-corrected chi connectivity index (χ1v) is 2.75. The lowest BCUT2D eigenvalue weighted by Gasteiger charge is -1.98. The van der Waals surface area contributed by atoms with E-state index in [1.807, 2.05) is 6.07 Å². The normalized spacial score (nSPS) is 13.1. The van der Waals surface area contributed by atoms with Gasteiger partial charge >= 0.3 is 0 Å². The van der Waals surface area contributed by atoms with Gasteiger partial charge in [-0.15, -0.1) is 0 Å². The Morgan fingerprint density at radius 1 is 1.22 bits per heavy atom. The fraction of sp³-hybridized carbons (Fsp3) is 0.143. The number of alkyl halides is 1. The quantitative estimate of drug-likeness (QED) is 0.567. The van der Waals surface area contributed by atoms with Crippen molar-refractivity contribution in [3.8, 4) is 0 Å². The molecule has 2 heteroatoms.